The second-order valence-corrected chi connectivity index (χ2v) is 5.62. The summed E-state index contributed by atoms with van der Waals surface area (Å²) in [6.07, 6.45) is 3.52. The molecule has 0 aliphatic rings. The van der Waals surface area contributed by atoms with Crippen LogP contribution in [0.1, 0.15) is 18.5 Å². The maximum Gasteiger partial charge on any atom is 0.299 e. The molecule has 1 N–H and O–H groups in total. The number of nitro groups is 2. The monoisotopic (exact) mass is 353 g/mol. The lowest BCUT2D eigenvalue weighted by Crippen LogP contribution is -2.09. The average Bonchev–Trinajstić information content (AvgIpc) is 3.16. The van der Waals surface area contributed by atoms with Crippen LogP contribution in [0.15, 0.2) is 60.9 Å². The third kappa shape index (κ3) is 3.51. The van der Waals surface area contributed by atoms with E-state index in [9.17, 15) is 20.2 Å². The summed E-state index contributed by atoms with van der Waals surface area (Å²) >= 11 is 0. The molecule has 0 fully saturated rings. The number of rotatable bonds is 6. The van der Waals surface area contributed by atoms with Gasteiger partial charge in [0.15, 0.2) is 0 Å². The molecule has 9 heteroatoms. The van der Waals surface area contributed by atoms with Crippen LogP contribution in [-0.2, 0) is 0 Å². The zero-order valence-corrected chi connectivity index (χ0v) is 13.8. The minimum atomic E-state index is -0.659. The van der Waals surface area contributed by atoms with Crippen LogP contribution in [0.25, 0.3) is 5.69 Å². The van der Waals surface area contributed by atoms with E-state index in [4.69, 9.17) is 0 Å². The number of anilines is 1. The fourth-order valence-corrected chi connectivity index (χ4v) is 2.56. The van der Waals surface area contributed by atoms with Gasteiger partial charge < -0.3 is 5.32 Å². The first-order valence-electron chi connectivity index (χ1n) is 7.75. The van der Waals surface area contributed by atoms with Crippen molar-refractivity contribution in [3.8, 4) is 5.69 Å². The van der Waals surface area contributed by atoms with Crippen LogP contribution in [0.3, 0.4) is 0 Å². The van der Waals surface area contributed by atoms with Gasteiger partial charge in [-0.2, -0.15) is 5.10 Å². The highest BCUT2D eigenvalue weighted by Crippen LogP contribution is 2.31. The molecule has 0 saturated heterocycles. The van der Waals surface area contributed by atoms with Crippen molar-refractivity contribution in [1.82, 2.24) is 9.78 Å². The Hall–Kier alpha value is -3.75. The van der Waals surface area contributed by atoms with Gasteiger partial charge in [-0.15, -0.1) is 0 Å². The quantitative estimate of drug-likeness (QED) is 0.531. The molecule has 0 radical (unpaired) electrons. The van der Waals surface area contributed by atoms with Crippen molar-refractivity contribution in [3.63, 3.8) is 0 Å². The standard InChI is InChI=1S/C17H15N5O4/c1-12(13-3-5-14(6-4-13)20-10-2-9-18-20)19-16-8-7-15(21(23)24)11-17(16)22(25)26/h2-12,19H,1H3. The van der Waals surface area contributed by atoms with E-state index in [2.05, 4.69) is 10.4 Å². The first-order valence-corrected chi connectivity index (χ1v) is 7.75. The van der Waals surface area contributed by atoms with Crippen molar-refractivity contribution in [3.05, 3.63) is 86.7 Å². The number of hydrogen-bond donors (Lipinski definition) is 1. The molecule has 1 atom stereocenters. The maximum absolute atomic E-state index is 11.2. The Kier molecular flexibility index (Phi) is 4.61. The summed E-state index contributed by atoms with van der Waals surface area (Å²) in [6.45, 7) is 1.86. The predicted molar refractivity (Wildman–Crippen MR) is 95.4 cm³/mol. The highest BCUT2D eigenvalue weighted by molar-refractivity contribution is 5.66. The molecule has 3 rings (SSSR count). The lowest BCUT2D eigenvalue weighted by atomic mass is 10.1. The van der Waals surface area contributed by atoms with E-state index in [1.165, 1.54) is 12.1 Å². The summed E-state index contributed by atoms with van der Waals surface area (Å²) in [5, 5.41) is 29.2. The number of nitrogens with zero attached hydrogens (tertiary/aromatic N) is 4. The summed E-state index contributed by atoms with van der Waals surface area (Å²) in [4.78, 5) is 20.7. The number of benzene rings is 2. The predicted octanol–water partition coefficient (Wildman–Crippen LogP) is 3.86. The zero-order chi connectivity index (χ0) is 18.7. The number of nitro benzene ring substituents is 2. The van der Waals surface area contributed by atoms with Gasteiger partial charge in [-0.05, 0) is 36.8 Å². The second-order valence-electron chi connectivity index (χ2n) is 5.62. The first kappa shape index (κ1) is 17.1. The molecule has 1 aromatic heterocycles. The minimum absolute atomic E-state index is 0.226. The molecule has 2 aromatic carbocycles. The van der Waals surface area contributed by atoms with Crippen molar-refractivity contribution >= 4 is 17.1 Å². The van der Waals surface area contributed by atoms with Gasteiger partial charge in [0.2, 0.25) is 0 Å². The van der Waals surface area contributed by atoms with Gasteiger partial charge in [0.1, 0.15) is 5.69 Å². The molecule has 0 aliphatic carbocycles. The molecule has 26 heavy (non-hydrogen) atoms. The first-order chi connectivity index (χ1) is 12.5. The number of hydrogen-bond acceptors (Lipinski definition) is 6. The zero-order valence-electron chi connectivity index (χ0n) is 13.8. The topological polar surface area (TPSA) is 116 Å². The molecule has 3 aromatic rings. The van der Waals surface area contributed by atoms with Crippen LogP contribution in [0.2, 0.25) is 0 Å². The summed E-state index contributed by atoms with van der Waals surface area (Å²) in [7, 11) is 0. The molecule has 1 unspecified atom stereocenters. The molecular formula is C17H15N5O4. The molecule has 9 nitrogen and oxygen atoms in total. The van der Waals surface area contributed by atoms with E-state index < -0.39 is 9.85 Å². The third-order valence-corrected chi connectivity index (χ3v) is 3.92. The molecule has 1 heterocycles. The van der Waals surface area contributed by atoms with Crippen LogP contribution in [0, 0.1) is 20.2 Å². The lowest BCUT2D eigenvalue weighted by Gasteiger charge is -2.16. The van der Waals surface area contributed by atoms with Crippen molar-refractivity contribution < 1.29 is 9.85 Å². The van der Waals surface area contributed by atoms with Gasteiger partial charge >= 0.3 is 0 Å². The van der Waals surface area contributed by atoms with E-state index >= 15 is 0 Å². The highest BCUT2D eigenvalue weighted by atomic mass is 16.6. The summed E-state index contributed by atoms with van der Waals surface area (Å²) < 4.78 is 1.73. The summed E-state index contributed by atoms with van der Waals surface area (Å²) in [5.74, 6) is 0. The summed E-state index contributed by atoms with van der Waals surface area (Å²) in [6, 6.07) is 12.7. The smallest absolute Gasteiger partial charge is 0.299 e. The van der Waals surface area contributed by atoms with Crippen LogP contribution >= 0.6 is 0 Å². The van der Waals surface area contributed by atoms with E-state index in [0.717, 1.165) is 17.3 Å². The molecule has 132 valence electrons. The van der Waals surface area contributed by atoms with Gasteiger partial charge in [-0.1, -0.05) is 12.1 Å². The lowest BCUT2D eigenvalue weighted by molar-refractivity contribution is -0.393. The second kappa shape index (κ2) is 7.01. The Morgan fingerprint density at radius 2 is 1.81 bits per heavy atom. The largest absolute Gasteiger partial charge is 0.373 e. The normalized spacial score (nSPS) is 11.7. The number of non-ortho nitro benzene ring substituents is 1. The van der Waals surface area contributed by atoms with Crippen molar-refractivity contribution in [1.29, 1.82) is 0 Å². The molecule has 0 bridgehead atoms. The molecular weight excluding hydrogens is 338 g/mol. The van der Waals surface area contributed by atoms with Gasteiger partial charge in [0, 0.05) is 24.5 Å². The van der Waals surface area contributed by atoms with E-state index in [1.54, 1.807) is 10.9 Å². The minimum Gasteiger partial charge on any atom is -0.373 e. The van der Waals surface area contributed by atoms with Gasteiger partial charge in [-0.25, -0.2) is 4.68 Å². The fourth-order valence-electron chi connectivity index (χ4n) is 2.56. The fraction of sp³-hybridized carbons (Fsp3) is 0.118. The van der Waals surface area contributed by atoms with Gasteiger partial charge in [0.25, 0.3) is 11.4 Å². The molecule has 0 aliphatic heterocycles. The third-order valence-electron chi connectivity index (χ3n) is 3.92. The number of aromatic nitrogens is 2. The Morgan fingerprint density at radius 3 is 2.38 bits per heavy atom. The Labute approximate surface area is 148 Å². The van der Waals surface area contributed by atoms with E-state index in [0.29, 0.717) is 0 Å². The van der Waals surface area contributed by atoms with Crippen LogP contribution in [0.4, 0.5) is 17.1 Å². The van der Waals surface area contributed by atoms with E-state index in [1.807, 2.05) is 43.5 Å². The molecule has 0 amide bonds. The van der Waals surface area contributed by atoms with Crippen LogP contribution in [0.5, 0.6) is 0 Å². The number of nitrogens with one attached hydrogen (secondary N) is 1. The highest BCUT2D eigenvalue weighted by Gasteiger charge is 2.20. The van der Waals surface area contributed by atoms with Crippen LogP contribution in [-0.4, -0.2) is 19.6 Å². The van der Waals surface area contributed by atoms with Crippen molar-refractivity contribution in [2.24, 2.45) is 0 Å². The Balaban J connectivity index is 1.82. The molecule has 0 spiro atoms. The summed E-state index contributed by atoms with van der Waals surface area (Å²) in [5.41, 5.74) is 1.38. The SMILES string of the molecule is CC(Nc1ccc([N+](=O)[O-])cc1[N+](=O)[O-])c1ccc(-n2cccn2)cc1. The maximum atomic E-state index is 11.2. The van der Waals surface area contributed by atoms with E-state index in [-0.39, 0.29) is 23.1 Å². The Morgan fingerprint density at radius 1 is 1.08 bits per heavy atom. The van der Waals surface area contributed by atoms with Crippen LogP contribution < -0.4 is 5.32 Å². The van der Waals surface area contributed by atoms with Gasteiger partial charge in [-0.3, -0.25) is 20.2 Å². The van der Waals surface area contributed by atoms with Crippen molar-refractivity contribution in [2.75, 3.05) is 5.32 Å². The average molecular weight is 353 g/mol. The molecule has 0 saturated carbocycles. The Bertz CT molecular complexity index is 938. The van der Waals surface area contributed by atoms with Gasteiger partial charge in [0.05, 0.1) is 21.6 Å². The van der Waals surface area contributed by atoms with Crippen molar-refractivity contribution in [2.45, 2.75) is 13.0 Å².